The molecule has 3 aromatic rings. The van der Waals surface area contributed by atoms with Gasteiger partial charge in [-0.15, -0.1) is 5.10 Å². The maximum atomic E-state index is 8.94. The summed E-state index contributed by atoms with van der Waals surface area (Å²) in [4.78, 5) is 4.31. The van der Waals surface area contributed by atoms with Crippen molar-refractivity contribution in [1.82, 2.24) is 15.2 Å². The molecule has 6 nitrogen and oxygen atoms in total. The van der Waals surface area contributed by atoms with Crippen molar-refractivity contribution in [2.45, 2.75) is 0 Å². The molecule has 0 aliphatic rings. The number of halogens is 2. The lowest BCUT2D eigenvalue weighted by Gasteiger charge is -2.09. The van der Waals surface area contributed by atoms with Crippen molar-refractivity contribution in [3.63, 3.8) is 0 Å². The van der Waals surface area contributed by atoms with Gasteiger partial charge < -0.3 is 10.6 Å². The average Bonchev–Trinajstić information content (AvgIpc) is 2.59. The summed E-state index contributed by atoms with van der Waals surface area (Å²) in [5.74, 6) is 0.737. The van der Waals surface area contributed by atoms with Crippen LogP contribution in [0.1, 0.15) is 5.56 Å². The van der Waals surface area contributed by atoms with Gasteiger partial charge in [-0.05, 0) is 30.3 Å². The van der Waals surface area contributed by atoms with Gasteiger partial charge in [-0.2, -0.15) is 15.3 Å². The molecule has 0 amide bonds. The second-order valence-electron chi connectivity index (χ2n) is 4.71. The molecular formula is C16H10Cl2N6. The third-order valence-electron chi connectivity index (χ3n) is 3.02. The van der Waals surface area contributed by atoms with Gasteiger partial charge in [0.15, 0.2) is 5.82 Å². The number of aromatic nitrogens is 3. The Labute approximate surface area is 148 Å². The topological polar surface area (TPSA) is 86.5 Å². The lowest BCUT2D eigenvalue weighted by molar-refractivity contribution is 0.982. The zero-order chi connectivity index (χ0) is 16.9. The third-order valence-corrected chi connectivity index (χ3v) is 3.84. The van der Waals surface area contributed by atoms with E-state index in [4.69, 9.17) is 28.5 Å². The normalized spacial score (nSPS) is 10.0. The molecule has 0 spiro atoms. The van der Waals surface area contributed by atoms with Gasteiger partial charge in [-0.25, -0.2) is 0 Å². The predicted molar refractivity (Wildman–Crippen MR) is 94.0 cm³/mol. The molecule has 1 aromatic heterocycles. The number of hydrogen-bond donors (Lipinski definition) is 2. The van der Waals surface area contributed by atoms with Gasteiger partial charge in [0.1, 0.15) is 0 Å². The summed E-state index contributed by atoms with van der Waals surface area (Å²) in [6, 6.07) is 14.3. The summed E-state index contributed by atoms with van der Waals surface area (Å²) in [7, 11) is 0. The Bertz CT molecular complexity index is 922. The minimum atomic E-state index is 0.264. The van der Waals surface area contributed by atoms with Crippen molar-refractivity contribution < 1.29 is 0 Å². The second kappa shape index (κ2) is 7.13. The van der Waals surface area contributed by atoms with E-state index in [0.29, 0.717) is 27.1 Å². The van der Waals surface area contributed by atoms with Gasteiger partial charge in [0.2, 0.25) is 5.95 Å². The highest BCUT2D eigenvalue weighted by molar-refractivity contribution is 6.43. The van der Waals surface area contributed by atoms with Crippen molar-refractivity contribution in [2.75, 3.05) is 10.6 Å². The Morgan fingerprint density at radius 1 is 1.04 bits per heavy atom. The van der Waals surface area contributed by atoms with Crippen LogP contribution in [-0.4, -0.2) is 15.2 Å². The lowest BCUT2D eigenvalue weighted by atomic mass is 10.2. The highest BCUT2D eigenvalue weighted by atomic mass is 35.5. The molecule has 0 aliphatic heterocycles. The van der Waals surface area contributed by atoms with Crippen LogP contribution in [-0.2, 0) is 0 Å². The molecule has 8 heteroatoms. The zero-order valence-corrected chi connectivity index (χ0v) is 13.7. The van der Waals surface area contributed by atoms with Crippen LogP contribution in [0, 0.1) is 11.3 Å². The standard InChI is InChI=1S/C16H10Cl2N6/c17-12-5-2-6-13(15(12)18)22-16-23-14(9-20-24-16)21-11-4-1-3-10(7-11)8-19/h1-7,9H,(H2,21,22,23,24). The fraction of sp³-hybridized carbons (Fsp3) is 0. The fourth-order valence-corrected chi connectivity index (χ4v) is 2.30. The van der Waals surface area contributed by atoms with Gasteiger partial charge in [-0.3, -0.25) is 0 Å². The molecule has 2 aromatic carbocycles. The number of hydrogen-bond acceptors (Lipinski definition) is 6. The van der Waals surface area contributed by atoms with Crippen molar-refractivity contribution >= 4 is 46.3 Å². The van der Waals surface area contributed by atoms with Crippen LogP contribution in [0.3, 0.4) is 0 Å². The molecule has 0 saturated carbocycles. The van der Waals surface area contributed by atoms with E-state index in [2.05, 4.69) is 31.9 Å². The maximum absolute atomic E-state index is 8.94. The first-order valence-electron chi connectivity index (χ1n) is 6.83. The molecule has 2 N–H and O–H groups in total. The van der Waals surface area contributed by atoms with Crippen LogP contribution in [0.25, 0.3) is 0 Å². The molecular weight excluding hydrogens is 347 g/mol. The quantitative estimate of drug-likeness (QED) is 0.713. The largest absolute Gasteiger partial charge is 0.339 e. The summed E-state index contributed by atoms with van der Waals surface area (Å²) < 4.78 is 0. The molecule has 0 saturated heterocycles. The summed E-state index contributed by atoms with van der Waals surface area (Å²) in [5, 5.41) is 23.6. The van der Waals surface area contributed by atoms with Crippen LogP contribution in [0.4, 0.5) is 23.1 Å². The molecule has 1 heterocycles. The number of nitriles is 1. The zero-order valence-electron chi connectivity index (χ0n) is 12.2. The Morgan fingerprint density at radius 3 is 2.71 bits per heavy atom. The molecule has 3 rings (SSSR count). The van der Waals surface area contributed by atoms with Gasteiger partial charge in [0.25, 0.3) is 0 Å². The Hall–Kier alpha value is -2.88. The summed E-state index contributed by atoms with van der Waals surface area (Å²) in [6.07, 6.45) is 1.48. The van der Waals surface area contributed by atoms with Crippen molar-refractivity contribution in [3.05, 3.63) is 64.3 Å². The fourth-order valence-electron chi connectivity index (χ4n) is 1.95. The maximum Gasteiger partial charge on any atom is 0.249 e. The van der Waals surface area contributed by atoms with Crippen LogP contribution >= 0.6 is 23.2 Å². The van der Waals surface area contributed by atoms with E-state index in [0.717, 1.165) is 5.69 Å². The van der Waals surface area contributed by atoms with Crippen molar-refractivity contribution in [1.29, 1.82) is 5.26 Å². The molecule has 0 atom stereocenters. The van der Waals surface area contributed by atoms with E-state index in [1.54, 1.807) is 36.4 Å². The number of nitrogens with zero attached hydrogens (tertiary/aromatic N) is 4. The van der Waals surface area contributed by atoms with Gasteiger partial charge in [0, 0.05) is 5.69 Å². The first kappa shape index (κ1) is 16.0. The molecule has 0 aliphatic carbocycles. The first-order valence-corrected chi connectivity index (χ1v) is 7.59. The van der Waals surface area contributed by atoms with Crippen LogP contribution < -0.4 is 10.6 Å². The van der Waals surface area contributed by atoms with Gasteiger partial charge in [0.05, 0.1) is 33.6 Å². The van der Waals surface area contributed by atoms with E-state index in [1.165, 1.54) is 6.20 Å². The van der Waals surface area contributed by atoms with Crippen LogP contribution in [0.15, 0.2) is 48.7 Å². The third kappa shape index (κ3) is 3.71. The number of nitrogens with one attached hydrogen (secondary N) is 2. The molecule has 0 unspecified atom stereocenters. The van der Waals surface area contributed by atoms with Crippen molar-refractivity contribution in [2.24, 2.45) is 0 Å². The van der Waals surface area contributed by atoms with Gasteiger partial charge in [-0.1, -0.05) is 35.3 Å². The Kier molecular flexibility index (Phi) is 4.75. The Morgan fingerprint density at radius 2 is 1.88 bits per heavy atom. The lowest BCUT2D eigenvalue weighted by Crippen LogP contribution is -2.02. The molecule has 0 bridgehead atoms. The van der Waals surface area contributed by atoms with E-state index >= 15 is 0 Å². The summed E-state index contributed by atoms with van der Waals surface area (Å²) in [5.41, 5.74) is 1.85. The number of benzene rings is 2. The number of rotatable bonds is 4. The monoisotopic (exact) mass is 356 g/mol. The molecule has 24 heavy (non-hydrogen) atoms. The number of anilines is 4. The van der Waals surface area contributed by atoms with Crippen LogP contribution in [0.2, 0.25) is 10.0 Å². The van der Waals surface area contributed by atoms with Crippen LogP contribution in [0.5, 0.6) is 0 Å². The van der Waals surface area contributed by atoms with E-state index in [9.17, 15) is 0 Å². The minimum Gasteiger partial charge on any atom is -0.339 e. The summed E-state index contributed by atoms with van der Waals surface area (Å²) >= 11 is 12.1. The molecule has 0 radical (unpaired) electrons. The predicted octanol–water partition coefficient (Wildman–Crippen LogP) is 4.54. The van der Waals surface area contributed by atoms with E-state index in [1.807, 2.05) is 6.07 Å². The second-order valence-corrected chi connectivity index (χ2v) is 5.49. The van der Waals surface area contributed by atoms with E-state index < -0.39 is 0 Å². The van der Waals surface area contributed by atoms with Crippen molar-refractivity contribution in [3.8, 4) is 6.07 Å². The average molecular weight is 357 g/mol. The summed E-state index contributed by atoms with van der Waals surface area (Å²) in [6.45, 7) is 0. The first-order chi connectivity index (χ1) is 11.7. The highest BCUT2D eigenvalue weighted by Gasteiger charge is 2.07. The van der Waals surface area contributed by atoms with E-state index in [-0.39, 0.29) is 5.95 Å². The minimum absolute atomic E-state index is 0.264. The smallest absolute Gasteiger partial charge is 0.249 e. The molecule has 118 valence electrons. The highest BCUT2D eigenvalue weighted by Crippen LogP contribution is 2.31. The SMILES string of the molecule is N#Cc1cccc(Nc2cnnc(Nc3cccc(Cl)c3Cl)n2)c1. The Balaban J connectivity index is 1.81. The van der Waals surface area contributed by atoms with Gasteiger partial charge >= 0.3 is 0 Å². The molecule has 0 fully saturated rings.